The first-order valence-corrected chi connectivity index (χ1v) is 12.6. The summed E-state index contributed by atoms with van der Waals surface area (Å²) in [6.45, 7) is 6.07. The molecular weight excluding hydrogens is 444 g/mol. The average molecular weight is 471 g/mol. The van der Waals surface area contributed by atoms with E-state index in [4.69, 9.17) is 0 Å². The second-order valence-corrected chi connectivity index (χ2v) is 9.56. The highest BCUT2D eigenvalue weighted by Crippen LogP contribution is 2.40. The molecule has 0 radical (unpaired) electrons. The monoisotopic (exact) mass is 470 g/mol. The van der Waals surface area contributed by atoms with Gasteiger partial charge in [0.1, 0.15) is 5.00 Å². The molecular formula is C22H26N6O2S2. The van der Waals surface area contributed by atoms with Crippen molar-refractivity contribution >= 4 is 39.9 Å². The van der Waals surface area contributed by atoms with Crippen LogP contribution in [0.15, 0.2) is 35.5 Å². The smallest absolute Gasteiger partial charge is 0.257 e. The van der Waals surface area contributed by atoms with Gasteiger partial charge in [0.05, 0.1) is 11.3 Å². The molecule has 2 aromatic heterocycles. The number of benzene rings is 1. The van der Waals surface area contributed by atoms with Gasteiger partial charge in [0, 0.05) is 24.5 Å². The van der Waals surface area contributed by atoms with Crippen LogP contribution in [-0.2, 0) is 11.3 Å². The van der Waals surface area contributed by atoms with Crippen molar-refractivity contribution in [3.05, 3.63) is 41.5 Å². The van der Waals surface area contributed by atoms with E-state index in [-0.39, 0.29) is 17.6 Å². The van der Waals surface area contributed by atoms with Crippen LogP contribution in [-0.4, -0.2) is 55.8 Å². The van der Waals surface area contributed by atoms with Gasteiger partial charge in [-0.05, 0) is 54.7 Å². The summed E-state index contributed by atoms with van der Waals surface area (Å²) >= 11 is 2.74. The van der Waals surface area contributed by atoms with E-state index >= 15 is 0 Å². The van der Waals surface area contributed by atoms with Gasteiger partial charge < -0.3 is 10.2 Å². The maximum Gasteiger partial charge on any atom is 0.257 e. The maximum atomic E-state index is 13.4. The number of hydrogen-bond donors (Lipinski definition) is 1. The summed E-state index contributed by atoms with van der Waals surface area (Å²) in [6.07, 6.45) is 3.19. The minimum Gasteiger partial charge on any atom is -0.339 e. The lowest BCUT2D eigenvalue weighted by atomic mass is 10.0. The van der Waals surface area contributed by atoms with Gasteiger partial charge in [-0.25, -0.2) is 4.68 Å². The molecule has 0 unspecified atom stereocenters. The Kier molecular flexibility index (Phi) is 7.21. The zero-order valence-electron chi connectivity index (χ0n) is 18.2. The topological polar surface area (TPSA) is 93.0 Å². The SMILES string of the molecule is CCn1nnnc1SCC(=O)Nc1sc(-c2ccccc2)c(C)c1C(=O)N1CCCCC1. The van der Waals surface area contributed by atoms with Gasteiger partial charge in [0.15, 0.2) is 0 Å². The predicted molar refractivity (Wildman–Crippen MR) is 127 cm³/mol. The lowest BCUT2D eigenvalue weighted by Crippen LogP contribution is -2.36. The van der Waals surface area contributed by atoms with Crippen molar-refractivity contribution in [2.24, 2.45) is 0 Å². The molecule has 1 N–H and O–H groups in total. The van der Waals surface area contributed by atoms with Gasteiger partial charge in [-0.15, -0.1) is 16.4 Å². The van der Waals surface area contributed by atoms with Crippen LogP contribution in [0.5, 0.6) is 0 Å². The summed E-state index contributed by atoms with van der Waals surface area (Å²) in [5.74, 6) is -0.0253. The van der Waals surface area contributed by atoms with Gasteiger partial charge in [-0.1, -0.05) is 42.1 Å². The lowest BCUT2D eigenvalue weighted by molar-refractivity contribution is -0.113. The van der Waals surface area contributed by atoms with E-state index in [1.54, 1.807) is 4.68 Å². The van der Waals surface area contributed by atoms with Crippen LogP contribution in [0.3, 0.4) is 0 Å². The van der Waals surface area contributed by atoms with Crippen molar-refractivity contribution in [1.29, 1.82) is 0 Å². The number of amides is 2. The Hall–Kier alpha value is -2.72. The van der Waals surface area contributed by atoms with E-state index in [2.05, 4.69) is 20.8 Å². The number of hydrogen-bond acceptors (Lipinski definition) is 7. The molecule has 0 saturated carbocycles. The summed E-state index contributed by atoms with van der Waals surface area (Å²) in [7, 11) is 0. The fourth-order valence-corrected chi connectivity index (χ4v) is 5.73. The van der Waals surface area contributed by atoms with Crippen LogP contribution in [0.2, 0.25) is 0 Å². The molecule has 1 saturated heterocycles. The summed E-state index contributed by atoms with van der Waals surface area (Å²) in [6, 6.07) is 9.98. The first-order valence-electron chi connectivity index (χ1n) is 10.8. The van der Waals surface area contributed by atoms with Gasteiger partial charge in [0.2, 0.25) is 11.1 Å². The second-order valence-electron chi connectivity index (χ2n) is 7.59. The fraction of sp³-hybridized carbons (Fsp3) is 0.409. The Labute approximate surface area is 195 Å². The number of thiophene rings is 1. The van der Waals surface area contributed by atoms with Crippen LogP contribution < -0.4 is 5.32 Å². The number of carbonyl (C=O) groups is 2. The van der Waals surface area contributed by atoms with Crippen molar-refractivity contribution in [2.45, 2.75) is 44.8 Å². The Bertz CT molecular complexity index is 1090. The first kappa shape index (κ1) is 22.5. The number of tetrazole rings is 1. The number of rotatable bonds is 7. The predicted octanol–water partition coefficient (Wildman–Crippen LogP) is 4.09. The number of carbonyl (C=O) groups excluding carboxylic acids is 2. The summed E-state index contributed by atoms with van der Waals surface area (Å²) in [5, 5.41) is 15.7. The molecule has 32 heavy (non-hydrogen) atoms. The van der Waals surface area contributed by atoms with Gasteiger partial charge in [-0.3, -0.25) is 9.59 Å². The Balaban J connectivity index is 1.59. The quantitative estimate of drug-likeness (QED) is 0.523. The number of thioether (sulfide) groups is 1. The highest BCUT2D eigenvalue weighted by molar-refractivity contribution is 7.99. The minimum absolute atomic E-state index is 0.00138. The molecule has 1 aliphatic rings. The number of piperidine rings is 1. The fourth-order valence-electron chi connectivity index (χ4n) is 3.77. The zero-order valence-corrected chi connectivity index (χ0v) is 19.8. The van der Waals surface area contributed by atoms with E-state index in [0.717, 1.165) is 48.4 Å². The van der Waals surface area contributed by atoms with Crippen LogP contribution in [0, 0.1) is 6.92 Å². The Morgan fingerprint density at radius 1 is 1.16 bits per heavy atom. The number of nitrogens with one attached hydrogen (secondary N) is 1. The molecule has 3 aromatic rings. The minimum atomic E-state index is -0.186. The number of aryl methyl sites for hydroxylation is 1. The van der Waals surface area contributed by atoms with Crippen molar-refractivity contribution in [3.63, 3.8) is 0 Å². The molecule has 0 spiro atoms. The summed E-state index contributed by atoms with van der Waals surface area (Å²) in [5.41, 5.74) is 2.56. The van der Waals surface area contributed by atoms with Crippen molar-refractivity contribution in [2.75, 3.05) is 24.2 Å². The van der Waals surface area contributed by atoms with Crippen molar-refractivity contribution in [1.82, 2.24) is 25.1 Å². The summed E-state index contributed by atoms with van der Waals surface area (Å²) in [4.78, 5) is 29.1. The molecule has 8 nitrogen and oxygen atoms in total. The maximum absolute atomic E-state index is 13.4. The molecule has 1 aromatic carbocycles. The van der Waals surface area contributed by atoms with Crippen molar-refractivity contribution < 1.29 is 9.59 Å². The van der Waals surface area contributed by atoms with Gasteiger partial charge in [0.25, 0.3) is 5.91 Å². The molecule has 168 valence electrons. The highest BCUT2D eigenvalue weighted by atomic mass is 32.2. The van der Waals surface area contributed by atoms with Gasteiger partial charge in [-0.2, -0.15) is 0 Å². The third-order valence-corrected chi connectivity index (χ3v) is 7.64. The zero-order chi connectivity index (χ0) is 22.5. The van der Waals surface area contributed by atoms with E-state index < -0.39 is 0 Å². The standard InChI is InChI=1S/C22H26N6O2S2/c1-3-28-22(24-25-26-28)31-14-17(29)23-20-18(21(30)27-12-8-5-9-13-27)15(2)19(32-20)16-10-6-4-7-11-16/h4,6-7,10-11H,3,5,8-9,12-14H2,1-2H3,(H,23,29). The molecule has 4 rings (SSSR count). The second kappa shape index (κ2) is 10.3. The van der Waals surface area contributed by atoms with Gasteiger partial charge >= 0.3 is 0 Å². The average Bonchev–Trinajstić information content (AvgIpc) is 3.42. The van der Waals surface area contributed by atoms with Crippen molar-refractivity contribution in [3.8, 4) is 10.4 Å². The van der Waals surface area contributed by atoms with E-state index in [1.807, 2.05) is 49.1 Å². The normalized spacial score (nSPS) is 13.9. The molecule has 0 bridgehead atoms. The lowest BCUT2D eigenvalue weighted by Gasteiger charge is -2.27. The first-order chi connectivity index (χ1) is 15.6. The van der Waals surface area contributed by atoms with E-state index in [1.165, 1.54) is 23.1 Å². The largest absolute Gasteiger partial charge is 0.339 e. The molecule has 2 amide bonds. The molecule has 1 fully saturated rings. The number of anilines is 1. The molecule has 10 heteroatoms. The number of aromatic nitrogens is 4. The Morgan fingerprint density at radius 2 is 1.91 bits per heavy atom. The molecule has 1 aliphatic heterocycles. The molecule has 3 heterocycles. The molecule has 0 atom stereocenters. The van der Waals surface area contributed by atoms with Crippen LogP contribution in [0.1, 0.15) is 42.1 Å². The van der Waals surface area contributed by atoms with Crippen LogP contribution in [0.25, 0.3) is 10.4 Å². The molecule has 0 aliphatic carbocycles. The number of nitrogens with zero attached hydrogens (tertiary/aromatic N) is 5. The highest BCUT2D eigenvalue weighted by Gasteiger charge is 2.27. The summed E-state index contributed by atoms with van der Waals surface area (Å²) < 4.78 is 1.64. The third kappa shape index (κ3) is 4.86. The Morgan fingerprint density at radius 3 is 2.62 bits per heavy atom. The van der Waals surface area contributed by atoms with E-state index in [0.29, 0.717) is 22.3 Å². The van der Waals surface area contributed by atoms with Crippen LogP contribution >= 0.6 is 23.1 Å². The van der Waals surface area contributed by atoms with E-state index in [9.17, 15) is 9.59 Å². The van der Waals surface area contributed by atoms with Crippen LogP contribution in [0.4, 0.5) is 5.00 Å². The third-order valence-electron chi connectivity index (χ3n) is 5.42. The number of likely N-dealkylation sites (tertiary alicyclic amines) is 1.